The second-order valence-electron chi connectivity index (χ2n) is 3.91. The third-order valence-electron chi connectivity index (χ3n) is 2.64. The number of rotatable bonds is 5. The number of guanidine groups is 1. The van der Waals surface area contributed by atoms with Gasteiger partial charge in [-0.1, -0.05) is 6.92 Å². The minimum atomic E-state index is -0.428. The van der Waals surface area contributed by atoms with Crippen LogP contribution in [0.2, 0.25) is 0 Å². The highest BCUT2D eigenvalue weighted by Crippen LogP contribution is 2.23. The van der Waals surface area contributed by atoms with Crippen molar-refractivity contribution in [3.63, 3.8) is 0 Å². The first-order valence-electron chi connectivity index (χ1n) is 6.13. The Balaban J connectivity index is 3.17. The lowest BCUT2D eigenvalue weighted by molar-refractivity contribution is -0.108. The molecule has 108 valence electrons. The molecule has 20 heavy (non-hydrogen) atoms. The first-order valence-corrected chi connectivity index (χ1v) is 6.13. The van der Waals surface area contributed by atoms with Crippen LogP contribution >= 0.6 is 0 Å². The number of carbonyl (C=O) groups is 1. The van der Waals surface area contributed by atoms with Crippen LogP contribution in [-0.2, 0) is 11.2 Å². The molecular formula is C13H19N5O2. The second kappa shape index (κ2) is 7.90. The Labute approximate surface area is 117 Å². The van der Waals surface area contributed by atoms with Gasteiger partial charge in [0, 0.05) is 30.2 Å². The Morgan fingerprint density at radius 2 is 2.25 bits per heavy atom. The number of nitrogens with zero attached hydrogens (tertiary/aromatic N) is 2. The van der Waals surface area contributed by atoms with E-state index < -0.39 is 6.73 Å². The molecule has 0 unspecified atom stereocenters. The maximum Gasteiger partial charge on any atom is 0.213 e. The minimum absolute atomic E-state index is 0.168. The topological polar surface area (TPSA) is 112 Å². The number of benzene rings is 1. The highest BCUT2D eigenvalue weighted by Gasteiger charge is 2.08. The lowest BCUT2D eigenvalue weighted by atomic mass is 10.1. The number of aliphatic hydroxyl groups excluding tert-OH is 1. The van der Waals surface area contributed by atoms with Gasteiger partial charge in [0.05, 0.1) is 0 Å². The van der Waals surface area contributed by atoms with Gasteiger partial charge in [-0.05, 0) is 24.1 Å². The van der Waals surface area contributed by atoms with Gasteiger partial charge in [-0.3, -0.25) is 15.1 Å². The predicted molar refractivity (Wildman–Crippen MR) is 81.1 cm³/mol. The van der Waals surface area contributed by atoms with Crippen LogP contribution in [0.25, 0.3) is 0 Å². The van der Waals surface area contributed by atoms with E-state index >= 15 is 0 Å². The van der Waals surface area contributed by atoms with Crippen molar-refractivity contribution in [3.05, 3.63) is 23.3 Å². The van der Waals surface area contributed by atoms with Crippen LogP contribution in [0, 0.1) is 0 Å². The average Bonchev–Trinajstić information content (AvgIpc) is 2.43. The van der Waals surface area contributed by atoms with Crippen molar-refractivity contribution < 1.29 is 9.90 Å². The Morgan fingerprint density at radius 1 is 1.50 bits per heavy atom. The molecule has 7 nitrogen and oxygen atoms in total. The van der Waals surface area contributed by atoms with Gasteiger partial charge in [0.1, 0.15) is 6.73 Å². The van der Waals surface area contributed by atoms with E-state index in [1.807, 2.05) is 19.1 Å². The Kier molecular flexibility index (Phi) is 6.18. The molecule has 0 saturated heterocycles. The first-order chi connectivity index (χ1) is 9.65. The third-order valence-corrected chi connectivity index (χ3v) is 2.64. The summed E-state index contributed by atoms with van der Waals surface area (Å²) in [5, 5.41) is 14.2. The number of aryl methyl sites for hydroxylation is 1. The van der Waals surface area contributed by atoms with Crippen molar-refractivity contribution in [3.8, 4) is 0 Å². The van der Waals surface area contributed by atoms with E-state index in [0.717, 1.165) is 23.2 Å². The summed E-state index contributed by atoms with van der Waals surface area (Å²) in [4.78, 5) is 18.2. The Morgan fingerprint density at radius 3 is 2.80 bits per heavy atom. The highest BCUT2D eigenvalue weighted by molar-refractivity contribution is 6.01. The number of nitrogens with one attached hydrogen (secondary N) is 2. The molecule has 5 N–H and O–H groups in total. The molecule has 0 radical (unpaired) electrons. The smallest absolute Gasteiger partial charge is 0.213 e. The third kappa shape index (κ3) is 4.06. The van der Waals surface area contributed by atoms with Crippen LogP contribution in [-0.4, -0.2) is 37.5 Å². The second-order valence-corrected chi connectivity index (χ2v) is 3.91. The summed E-state index contributed by atoms with van der Waals surface area (Å²) in [5.74, 6) is 0.168. The molecule has 0 saturated carbocycles. The first kappa shape index (κ1) is 15.6. The molecule has 0 aromatic heterocycles. The fraction of sp³-hybridized carbons (Fsp3) is 0.308. The van der Waals surface area contributed by atoms with Gasteiger partial charge in [-0.25, -0.2) is 4.99 Å². The quantitative estimate of drug-likeness (QED) is 0.269. The largest absolute Gasteiger partial charge is 0.398 e. The number of aliphatic hydroxyl groups is 1. The Hall–Kier alpha value is -2.41. The van der Waals surface area contributed by atoms with Crippen molar-refractivity contribution in [2.45, 2.75) is 13.3 Å². The number of hydrogen-bond donors (Lipinski definition) is 4. The molecule has 0 spiro atoms. The maximum absolute atomic E-state index is 10.5. The van der Waals surface area contributed by atoms with Gasteiger partial charge in [0.15, 0.2) is 0 Å². The molecule has 1 aromatic carbocycles. The van der Waals surface area contributed by atoms with Gasteiger partial charge in [-0.15, -0.1) is 0 Å². The van der Waals surface area contributed by atoms with E-state index in [0.29, 0.717) is 12.1 Å². The van der Waals surface area contributed by atoms with E-state index in [-0.39, 0.29) is 5.96 Å². The number of amides is 1. The van der Waals surface area contributed by atoms with Gasteiger partial charge >= 0.3 is 0 Å². The fourth-order valence-corrected chi connectivity index (χ4v) is 1.72. The molecular weight excluding hydrogens is 258 g/mol. The summed E-state index contributed by atoms with van der Waals surface area (Å²) in [6, 6.07) is 3.66. The molecule has 0 aliphatic carbocycles. The maximum atomic E-state index is 10.5. The molecule has 1 rings (SSSR count). The molecule has 7 heteroatoms. The SMILES string of the molecule is CCc1cc(N)c(C=NC)cc1NC(=NCO)NC=O. The summed E-state index contributed by atoms with van der Waals surface area (Å²) in [6.07, 6.45) is 2.89. The molecule has 0 fully saturated rings. The summed E-state index contributed by atoms with van der Waals surface area (Å²) in [6.45, 7) is 1.56. The summed E-state index contributed by atoms with van der Waals surface area (Å²) in [7, 11) is 1.66. The van der Waals surface area contributed by atoms with Crippen LogP contribution in [0.4, 0.5) is 11.4 Å². The van der Waals surface area contributed by atoms with Crippen LogP contribution in [0.3, 0.4) is 0 Å². The van der Waals surface area contributed by atoms with E-state index in [4.69, 9.17) is 10.8 Å². The van der Waals surface area contributed by atoms with E-state index in [2.05, 4.69) is 20.6 Å². The molecule has 0 aliphatic heterocycles. The summed E-state index contributed by atoms with van der Waals surface area (Å²) >= 11 is 0. The molecule has 1 aromatic rings. The lowest BCUT2D eigenvalue weighted by Crippen LogP contribution is -2.30. The van der Waals surface area contributed by atoms with Crippen LogP contribution in [0.15, 0.2) is 22.1 Å². The van der Waals surface area contributed by atoms with Crippen LogP contribution < -0.4 is 16.4 Å². The number of aliphatic imine (C=N–C) groups is 2. The normalized spacial score (nSPS) is 11.7. The number of nitrogens with two attached hydrogens (primary N) is 1. The van der Waals surface area contributed by atoms with E-state index in [1.54, 1.807) is 13.3 Å². The standard InChI is InChI=1S/C13H19N5O2/c1-3-9-4-11(14)10(6-15-2)5-12(9)18-13(16-7-19)17-8-20/h4-7,20H,3,8,14H2,1-2H3,(H2,16,17,18,19). The van der Waals surface area contributed by atoms with Crippen molar-refractivity contribution >= 4 is 30.0 Å². The summed E-state index contributed by atoms with van der Waals surface area (Å²) in [5.41, 5.74) is 9.05. The molecule has 0 bridgehead atoms. The van der Waals surface area contributed by atoms with Gasteiger partial charge in [0.25, 0.3) is 0 Å². The van der Waals surface area contributed by atoms with Crippen LogP contribution in [0.1, 0.15) is 18.1 Å². The predicted octanol–water partition coefficient (Wildman–Crippen LogP) is 0.344. The van der Waals surface area contributed by atoms with Crippen molar-refractivity contribution in [1.82, 2.24) is 5.32 Å². The zero-order chi connectivity index (χ0) is 15.0. The van der Waals surface area contributed by atoms with Crippen LogP contribution in [0.5, 0.6) is 0 Å². The van der Waals surface area contributed by atoms with E-state index in [1.165, 1.54) is 0 Å². The van der Waals surface area contributed by atoms with Gasteiger partial charge in [-0.2, -0.15) is 0 Å². The van der Waals surface area contributed by atoms with E-state index in [9.17, 15) is 4.79 Å². The van der Waals surface area contributed by atoms with Crippen molar-refractivity contribution in [1.29, 1.82) is 0 Å². The summed E-state index contributed by atoms with van der Waals surface area (Å²) < 4.78 is 0. The van der Waals surface area contributed by atoms with Crippen molar-refractivity contribution in [2.24, 2.45) is 9.98 Å². The molecule has 0 heterocycles. The van der Waals surface area contributed by atoms with Crippen molar-refractivity contribution in [2.75, 3.05) is 24.8 Å². The highest BCUT2D eigenvalue weighted by atomic mass is 16.3. The number of carbonyl (C=O) groups excluding carboxylic acids is 1. The number of anilines is 2. The zero-order valence-corrected chi connectivity index (χ0v) is 11.6. The molecule has 0 aliphatic rings. The zero-order valence-electron chi connectivity index (χ0n) is 11.6. The monoisotopic (exact) mass is 277 g/mol. The lowest BCUT2D eigenvalue weighted by Gasteiger charge is -2.14. The Bertz CT molecular complexity index is 526. The average molecular weight is 277 g/mol. The minimum Gasteiger partial charge on any atom is -0.398 e. The fourth-order valence-electron chi connectivity index (χ4n) is 1.72. The molecule has 1 amide bonds. The number of hydrogen-bond acceptors (Lipinski definition) is 5. The molecule has 0 atom stereocenters. The number of nitrogen functional groups attached to an aromatic ring is 1. The van der Waals surface area contributed by atoms with Gasteiger partial charge < -0.3 is 16.2 Å². The van der Waals surface area contributed by atoms with Gasteiger partial charge in [0.2, 0.25) is 12.4 Å².